The van der Waals surface area contributed by atoms with Crippen LogP contribution in [0.2, 0.25) is 0 Å². The number of rotatable bonds is 6. The zero-order chi connectivity index (χ0) is 27.1. The molecule has 39 heavy (non-hydrogen) atoms. The van der Waals surface area contributed by atoms with Gasteiger partial charge in [-0.3, -0.25) is 9.59 Å². The topological polar surface area (TPSA) is 132 Å². The van der Waals surface area contributed by atoms with E-state index in [4.69, 9.17) is 19.2 Å². The van der Waals surface area contributed by atoms with Crippen LogP contribution in [0.4, 0.5) is 0 Å². The quantitative estimate of drug-likeness (QED) is 0.465. The van der Waals surface area contributed by atoms with Crippen LogP contribution in [-0.2, 0) is 16.6 Å². The molecule has 3 aromatic heterocycles. The number of carbonyl (C=O) groups is 2. The number of Topliss-reactive ketones (excluding diaryl/α,β-unsaturated/α-hetero) is 1. The number of aromatic nitrogens is 6. The molecule has 206 valence electrons. The summed E-state index contributed by atoms with van der Waals surface area (Å²) >= 11 is 0. The van der Waals surface area contributed by atoms with Crippen LogP contribution in [0.3, 0.4) is 0 Å². The molecule has 0 unspecified atom stereocenters. The van der Waals surface area contributed by atoms with Crippen LogP contribution in [0.5, 0.6) is 5.88 Å². The van der Waals surface area contributed by atoms with Crippen LogP contribution < -0.4 is 4.74 Å². The van der Waals surface area contributed by atoms with E-state index in [2.05, 4.69) is 27.4 Å². The molecule has 12 heteroatoms. The van der Waals surface area contributed by atoms with Gasteiger partial charge >= 0.3 is 0 Å². The molecule has 6 rings (SSSR count). The van der Waals surface area contributed by atoms with Gasteiger partial charge in [0.2, 0.25) is 5.88 Å². The number of ether oxygens (including phenoxy) is 1. The molecule has 1 amide bonds. The van der Waals surface area contributed by atoms with E-state index in [-0.39, 0.29) is 17.4 Å². The van der Waals surface area contributed by atoms with Crippen molar-refractivity contribution in [3.05, 3.63) is 29.3 Å². The number of carbonyl (C=O) groups excluding carboxylic acids is 2. The summed E-state index contributed by atoms with van der Waals surface area (Å²) in [6.07, 6.45) is 9.44. The van der Waals surface area contributed by atoms with E-state index >= 15 is 0 Å². The summed E-state index contributed by atoms with van der Waals surface area (Å²) in [5.74, 6) is 1.78. The Kier molecular flexibility index (Phi) is 6.66. The average molecular weight is 535 g/mol. The lowest BCUT2D eigenvalue weighted by atomic mass is 9.64. The normalized spacial score (nSPS) is 23.3. The lowest BCUT2D eigenvalue weighted by Gasteiger charge is -2.36. The van der Waals surface area contributed by atoms with Gasteiger partial charge in [-0.1, -0.05) is 16.8 Å². The van der Waals surface area contributed by atoms with Gasteiger partial charge in [-0.15, -0.1) is 5.10 Å². The van der Waals surface area contributed by atoms with Gasteiger partial charge in [-0.05, 0) is 58.5 Å². The third-order valence-corrected chi connectivity index (χ3v) is 8.39. The smallest absolute Gasteiger partial charge is 0.275 e. The SMILES string of the molecule is CN(C)C(=O)c1cn(-c2cc(OC[C@@H]3CCCN3C)nc(-c3noc4c3CCC[C@@]43CCCCC3=O)n2)nn1. The lowest BCUT2D eigenvalue weighted by molar-refractivity contribution is -0.128. The molecule has 0 N–H and O–H groups in total. The van der Waals surface area contributed by atoms with Crippen LogP contribution in [-0.4, -0.2) is 91.9 Å². The van der Waals surface area contributed by atoms with Gasteiger partial charge in [0, 0.05) is 38.2 Å². The summed E-state index contributed by atoms with van der Waals surface area (Å²) in [7, 11) is 5.42. The fraction of sp³-hybridized carbons (Fsp3) is 0.593. The largest absolute Gasteiger partial charge is 0.476 e. The Bertz CT molecular complexity index is 1400. The van der Waals surface area contributed by atoms with E-state index in [1.54, 1.807) is 20.2 Å². The van der Waals surface area contributed by atoms with Crippen LogP contribution in [0.1, 0.15) is 73.2 Å². The van der Waals surface area contributed by atoms with E-state index in [0.29, 0.717) is 48.0 Å². The van der Waals surface area contributed by atoms with Crippen molar-refractivity contribution >= 4 is 11.7 Å². The molecule has 2 fully saturated rings. The molecule has 1 spiro atoms. The number of likely N-dealkylation sites (N-methyl/N-ethyl adjacent to an activating group) is 1. The summed E-state index contributed by atoms with van der Waals surface area (Å²) in [5, 5.41) is 12.6. The van der Waals surface area contributed by atoms with Crippen molar-refractivity contribution in [1.29, 1.82) is 0 Å². The summed E-state index contributed by atoms with van der Waals surface area (Å²) in [5.41, 5.74) is 1.04. The van der Waals surface area contributed by atoms with Gasteiger partial charge in [-0.2, -0.15) is 4.98 Å². The number of hydrogen-bond acceptors (Lipinski definition) is 10. The first kappa shape index (κ1) is 25.6. The second-order valence-electron chi connectivity index (χ2n) is 11.1. The molecular formula is C27H34N8O4. The molecule has 12 nitrogen and oxygen atoms in total. The highest BCUT2D eigenvalue weighted by Gasteiger charge is 2.48. The van der Waals surface area contributed by atoms with Gasteiger partial charge in [0.1, 0.15) is 12.4 Å². The predicted molar refractivity (Wildman–Crippen MR) is 140 cm³/mol. The Hall–Kier alpha value is -3.67. The van der Waals surface area contributed by atoms with E-state index < -0.39 is 5.41 Å². The van der Waals surface area contributed by atoms with Gasteiger partial charge < -0.3 is 19.1 Å². The van der Waals surface area contributed by atoms with Gasteiger partial charge in [0.05, 0.1) is 11.6 Å². The number of hydrogen-bond donors (Lipinski definition) is 0. The number of ketones is 1. The summed E-state index contributed by atoms with van der Waals surface area (Å²) in [4.78, 5) is 38.7. The monoisotopic (exact) mass is 534 g/mol. The van der Waals surface area contributed by atoms with Crippen LogP contribution in [0.25, 0.3) is 17.3 Å². The second kappa shape index (κ2) is 10.1. The Morgan fingerprint density at radius 1 is 1.18 bits per heavy atom. The minimum atomic E-state index is -0.589. The minimum Gasteiger partial charge on any atom is -0.476 e. The molecule has 3 aromatic rings. The lowest BCUT2D eigenvalue weighted by Crippen LogP contribution is -2.41. The molecule has 0 aromatic carbocycles. The van der Waals surface area contributed by atoms with Crippen molar-refractivity contribution in [3.8, 4) is 23.2 Å². The van der Waals surface area contributed by atoms with Gasteiger partial charge in [0.25, 0.3) is 5.91 Å². The Morgan fingerprint density at radius 2 is 2.03 bits per heavy atom. The third kappa shape index (κ3) is 4.60. The average Bonchev–Trinajstić information content (AvgIpc) is 3.69. The molecule has 0 bridgehead atoms. The van der Waals surface area contributed by atoms with Gasteiger partial charge in [0.15, 0.2) is 28.8 Å². The van der Waals surface area contributed by atoms with Crippen molar-refractivity contribution < 1.29 is 18.8 Å². The van der Waals surface area contributed by atoms with Crippen molar-refractivity contribution in [3.63, 3.8) is 0 Å². The fourth-order valence-electron chi connectivity index (χ4n) is 6.15. The zero-order valence-corrected chi connectivity index (χ0v) is 22.7. The highest BCUT2D eigenvalue weighted by atomic mass is 16.5. The Labute approximate surface area is 226 Å². The first-order valence-electron chi connectivity index (χ1n) is 13.7. The maximum absolute atomic E-state index is 13.1. The molecule has 2 aliphatic carbocycles. The summed E-state index contributed by atoms with van der Waals surface area (Å²) < 4.78 is 13.5. The number of amides is 1. The molecule has 3 aliphatic rings. The third-order valence-electron chi connectivity index (χ3n) is 8.39. The molecule has 0 radical (unpaired) electrons. The van der Waals surface area contributed by atoms with E-state index in [0.717, 1.165) is 63.5 Å². The Balaban J connectivity index is 1.39. The zero-order valence-electron chi connectivity index (χ0n) is 22.7. The van der Waals surface area contributed by atoms with Crippen LogP contribution >= 0.6 is 0 Å². The maximum atomic E-state index is 13.1. The summed E-state index contributed by atoms with van der Waals surface area (Å²) in [6, 6.07) is 2.00. The standard InChI is InChI=1S/C27H34N8O4/c1-33(2)26(37)19-15-35(32-30-19)21-14-22(38-16-17-8-7-13-34(17)3)29-25(28-21)23-18-9-6-12-27(24(18)39-31-23)11-5-4-10-20(27)36/h14-15,17H,4-13,16H2,1-3H3/t17-,27+/m0/s1. The van der Waals surface area contributed by atoms with Crippen molar-refractivity contribution in [2.75, 3.05) is 34.3 Å². The van der Waals surface area contributed by atoms with E-state index in [1.807, 2.05) is 0 Å². The molecule has 2 atom stereocenters. The second-order valence-corrected chi connectivity index (χ2v) is 11.1. The first-order chi connectivity index (χ1) is 18.9. The molecular weight excluding hydrogens is 500 g/mol. The maximum Gasteiger partial charge on any atom is 0.275 e. The minimum absolute atomic E-state index is 0.201. The van der Waals surface area contributed by atoms with E-state index in [9.17, 15) is 9.59 Å². The van der Waals surface area contributed by atoms with Gasteiger partial charge in [-0.25, -0.2) is 9.67 Å². The highest BCUT2D eigenvalue weighted by molar-refractivity contribution is 5.92. The number of fused-ring (bicyclic) bond motifs is 2. The molecule has 4 heterocycles. The molecule has 1 saturated heterocycles. The van der Waals surface area contributed by atoms with Crippen molar-refractivity contribution in [2.45, 2.75) is 69.2 Å². The van der Waals surface area contributed by atoms with Crippen molar-refractivity contribution in [2.24, 2.45) is 0 Å². The highest BCUT2D eigenvalue weighted by Crippen LogP contribution is 2.47. The van der Waals surface area contributed by atoms with E-state index in [1.165, 1.54) is 15.8 Å². The summed E-state index contributed by atoms with van der Waals surface area (Å²) in [6.45, 7) is 1.53. The van der Waals surface area contributed by atoms with Crippen LogP contribution in [0, 0.1) is 0 Å². The van der Waals surface area contributed by atoms with Crippen LogP contribution in [0.15, 0.2) is 16.8 Å². The number of likely N-dealkylation sites (tertiary alicyclic amines) is 1. The van der Waals surface area contributed by atoms with Crippen molar-refractivity contribution in [1.82, 2.24) is 39.9 Å². The first-order valence-corrected chi connectivity index (χ1v) is 13.7. The predicted octanol–water partition coefficient (Wildman–Crippen LogP) is 2.60. The molecule has 1 saturated carbocycles. The Morgan fingerprint density at radius 3 is 2.79 bits per heavy atom. The fourth-order valence-corrected chi connectivity index (χ4v) is 6.15. The number of nitrogens with zero attached hydrogens (tertiary/aromatic N) is 8. The molecule has 1 aliphatic heterocycles.